The van der Waals surface area contributed by atoms with Gasteiger partial charge in [0.1, 0.15) is 5.75 Å². The average molecular weight is 357 g/mol. The van der Waals surface area contributed by atoms with Crippen LogP contribution in [0.3, 0.4) is 0 Å². The van der Waals surface area contributed by atoms with Crippen LogP contribution in [0.4, 0.5) is 5.95 Å². The minimum absolute atomic E-state index is 0.310. The lowest BCUT2D eigenvalue weighted by molar-refractivity contribution is 0.0734. The van der Waals surface area contributed by atoms with Crippen LogP contribution in [0.2, 0.25) is 0 Å². The van der Waals surface area contributed by atoms with E-state index in [9.17, 15) is 9.59 Å². The predicted molar refractivity (Wildman–Crippen MR) is 102 cm³/mol. The first-order valence-corrected chi connectivity index (χ1v) is 8.32. The van der Waals surface area contributed by atoms with Gasteiger partial charge in [0.25, 0.3) is 5.91 Å². The van der Waals surface area contributed by atoms with Crippen LogP contribution in [0.25, 0.3) is 11.0 Å². The third kappa shape index (κ3) is 3.69. The van der Waals surface area contributed by atoms with Gasteiger partial charge in [0, 0.05) is 5.56 Å². The maximum absolute atomic E-state index is 12.4. The zero-order chi connectivity index (χ0) is 18.6. The van der Waals surface area contributed by atoms with Gasteiger partial charge >= 0.3 is 5.97 Å². The number of para-hydroxylation sites is 2. The molecule has 0 spiro atoms. The summed E-state index contributed by atoms with van der Waals surface area (Å²) in [7, 11) is 0. The van der Waals surface area contributed by atoms with E-state index in [2.05, 4.69) is 15.3 Å². The fraction of sp³-hybridized carbons (Fsp3) is 0. The summed E-state index contributed by atoms with van der Waals surface area (Å²) in [5.41, 5.74) is 2.51. The third-order valence-electron chi connectivity index (χ3n) is 3.96. The van der Waals surface area contributed by atoms with E-state index < -0.39 is 5.97 Å². The monoisotopic (exact) mass is 357 g/mol. The van der Waals surface area contributed by atoms with Crippen molar-refractivity contribution < 1.29 is 14.3 Å². The van der Waals surface area contributed by atoms with Gasteiger partial charge in [0.15, 0.2) is 0 Å². The Kier molecular flexibility index (Phi) is 4.37. The topological polar surface area (TPSA) is 84.1 Å². The van der Waals surface area contributed by atoms with Crippen molar-refractivity contribution in [2.45, 2.75) is 0 Å². The molecule has 4 aromatic rings. The van der Waals surface area contributed by atoms with Crippen LogP contribution in [-0.4, -0.2) is 21.8 Å². The molecule has 27 heavy (non-hydrogen) atoms. The molecule has 1 aromatic heterocycles. The maximum Gasteiger partial charge on any atom is 0.343 e. The van der Waals surface area contributed by atoms with E-state index in [1.54, 1.807) is 48.5 Å². The fourth-order valence-electron chi connectivity index (χ4n) is 2.61. The number of ether oxygens (including phenoxy) is 1. The van der Waals surface area contributed by atoms with Crippen LogP contribution >= 0.6 is 0 Å². The van der Waals surface area contributed by atoms with Gasteiger partial charge in [0.05, 0.1) is 16.6 Å². The number of amides is 1. The first-order valence-electron chi connectivity index (χ1n) is 8.32. The largest absolute Gasteiger partial charge is 0.423 e. The number of rotatable bonds is 4. The molecule has 0 unspecified atom stereocenters. The first-order chi connectivity index (χ1) is 13.2. The van der Waals surface area contributed by atoms with Gasteiger partial charge in [-0.3, -0.25) is 10.1 Å². The Morgan fingerprint density at radius 1 is 0.815 bits per heavy atom. The van der Waals surface area contributed by atoms with Gasteiger partial charge in [-0.05, 0) is 48.5 Å². The Morgan fingerprint density at radius 2 is 1.52 bits per heavy atom. The van der Waals surface area contributed by atoms with Gasteiger partial charge in [-0.2, -0.15) is 0 Å². The fourth-order valence-corrected chi connectivity index (χ4v) is 2.61. The summed E-state index contributed by atoms with van der Waals surface area (Å²) < 4.78 is 5.30. The minimum atomic E-state index is -0.449. The molecule has 0 aliphatic heterocycles. The van der Waals surface area contributed by atoms with E-state index in [4.69, 9.17) is 4.74 Å². The number of carbonyl (C=O) groups is 2. The second-order valence-corrected chi connectivity index (χ2v) is 5.84. The lowest BCUT2D eigenvalue weighted by Crippen LogP contribution is -2.13. The average Bonchev–Trinajstić information content (AvgIpc) is 3.11. The van der Waals surface area contributed by atoms with E-state index in [1.807, 2.05) is 30.3 Å². The second-order valence-electron chi connectivity index (χ2n) is 5.84. The van der Waals surface area contributed by atoms with E-state index in [0.717, 1.165) is 11.0 Å². The quantitative estimate of drug-likeness (QED) is 0.426. The molecule has 0 saturated carbocycles. The van der Waals surface area contributed by atoms with Crippen LogP contribution in [-0.2, 0) is 0 Å². The van der Waals surface area contributed by atoms with E-state index >= 15 is 0 Å². The third-order valence-corrected chi connectivity index (χ3v) is 3.96. The molecule has 1 amide bonds. The molecule has 2 N–H and O–H groups in total. The highest BCUT2D eigenvalue weighted by Crippen LogP contribution is 2.17. The molecule has 132 valence electrons. The number of fused-ring (bicyclic) bond motifs is 1. The van der Waals surface area contributed by atoms with Gasteiger partial charge in [-0.1, -0.05) is 30.3 Å². The second kappa shape index (κ2) is 7.13. The van der Waals surface area contributed by atoms with Crippen molar-refractivity contribution in [2.75, 3.05) is 5.32 Å². The number of hydrogen-bond donors (Lipinski definition) is 2. The summed E-state index contributed by atoms with van der Waals surface area (Å²) in [6.45, 7) is 0. The number of imidazole rings is 1. The van der Waals surface area contributed by atoms with Crippen LogP contribution < -0.4 is 10.1 Å². The normalized spacial score (nSPS) is 10.5. The van der Waals surface area contributed by atoms with Gasteiger partial charge < -0.3 is 9.72 Å². The first kappa shape index (κ1) is 16.5. The summed E-state index contributed by atoms with van der Waals surface area (Å²) in [4.78, 5) is 31.8. The summed E-state index contributed by atoms with van der Waals surface area (Å²) in [6, 6.07) is 22.6. The summed E-state index contributed by atoms with van der Waals surface area (Å²) >= 11 is 0. The molecule has 6 nitrogen and oxygen atoms in total. The molecule has 4 rings (SSSR count). The Morgan fingerprint density at radius 3 is 2.26 bits per heavy atom. The van der Waals surface area contributed by atoms with E-state index in [-0.39, 0.29) is 5.91 Å². The number of hydrogen-bond acceptors (Lipinski definition) is 4. The maximum atomic E-state index is 12.4. The van der Waals surface area contributed by atoms with Crippen molar-refractivity contribution in [1.29, 1.82) is 0 Å². The molecule has 0 atom stereocenters. The van der Waals surface area contributed by atoms with Crippen LogP contribution in [0.5, 0.6) is 5.75 Å². The number of nitrogens with one attached hydrogen (secondary N) is 2. The zero-order valence-corrected chi connectivity index (χ0v) is 14.2. The smallest absolute Gasteiger partial charge is 0.343 e. The molecule has 0 saturated heterocycles. The van der Waals surface area contributed by atoms with Crippen molar-refractivity contribution in [3.8, 4) is 5.75 Å². The van der Waals surface area contributed by atoms with E-state index in [1.165, 1.54) is 0 Å². The van der Waals surface area contributed by atoms with Crippen molar-refractivity contribution in [3.05, 3.63) is 90.0 Å². The molecular weight excluding hydrogens is 342 g/mol. The van der Waals surface area contributed by atoms with Crippen molar-refractivity contribution in [1.82, 2.24) is 9.97 Å². The van der Waals surface area contributed by atoms with E-state index in [0.29, 0.717) is 22.8 Å². The Bertz CT molecular complexity index is 1070. The number of anilines is 1. The number of nitrogens with zero attached hydrogens (tertiary/aromatic N) is 1. The summed E-state index contributed by atoms with van der Waals surface area (Å²) in [6.07, 6.45) is 0. The van der Waals surface area contributed by atoms with Gasteiger partial charge in [-0.25, -0.2) is 9.78 Å². The molecule has 0 radical (unpaired) electrons. The van der Waals surface area contributed by atoms with Crippen LogP contribution in [0, 0.1) is 0 Å². The minimum Gasteiger partial charge on any atom is -0.423 e. The SMILES string of the molecule is O=C(Nc1nc2ccccc2[nH]1)c1ccc(OC(=O)c2ccccc2)cc1. The van der Waals surface area contributed by atoms with Gasteiger partial charge in [0.2, 0.25) is 5.95 Å². The number of esters is 1. The van der Waals surface area contributed by atoms with Crippen molar-refractivity contribution in [2.24, 2.45) is 0 Å². The number of H-pyrrole nitrogens is 1. The predicted octanol–water partition coefficient (Wildman–Crippen LogP) is 4.03. The molecule has 0 fully saturated rings. The summed E-state index contributed by atoms with van der Waals surface area (Å²) in [5, 5.41) is 2.72. The van der Waals surface area contributed by atoms with Crippen LogP contribution in [0.15, 0.2) is 78.9 Å². The molecule has 0 aliphatic rings. The lowest BCUT2D eigenvalue weighted by atomic mass is 10.2. The Hall–Kier alpha value is -3.93. The molecule has 0 bridgehead atoms. The number of aromatic nitrogens is 2. The van der Waals surface area contributed by atoms with Crippen LogP contribution in [0.1, 0.15) is 20.7 Å². The lowest BCUT2D eigenvalue weighted by Gasteiger charge is -2.06. The molecule has 1 heterocycles. The highest BCUT2D eigenvalue weighted by atomic mass is 16.5. The van der Waals surface area contributed by atoms with Gasteiger partial charge in [-0.15, -0.1) is 0 Å². The highest BCUT2D eigenvalue weighted by Gasteiger charge is 2.11. The Balaban J connectivity index is 1.43. The zero-order valence-electron chi connectivity index (χ0n) is 14.2. The number of carbonyl (C=O) groups excluding carboxylic acids is 2. The molecular formula is C21H15N3O3. The van der Waals surface area contributed by atoms with Crippen molar-refractivity contribution >= 4 is 28.9 Å². The molecule has 6 heteroatoms. The standard InChI is InChI=1S/C21H15N3O3/c25-19(24-21-22-17-8-4-5-9-18(17)23-21)14-10-12-16(13-11-14)27-20(26)15-6-2-1-3-7-15/h1-13H,(H2,22,23,24,25). The van der Waals surface area contributed by atoms with Crippen molar-refractivity contribution in [3.63, 3.8) is 0 Å². The Labute approximate surface area is 154 Å². The number of benzene rings is 3. The highest BCUT2D eigenvalue weighted by molar-refractivity contribution is 6.04. The number of aromatic amines is 1. The molecule has 3 aromatic carbocycles. The summed E-state index contributed by atoms with van der Waals surface area (Å²) in [5.74, 6) is -0.0185. The molecule has 0 aliphatic carbocycles.